The number of carbonyl (C=O) groups is 1. The minimum atomic E-state index is -0.553. The number of anilines is 1. The summed E-state index contributed by atoms with van der Waals surface area (Å²) in [4.78, 5) is 12.9. The fraction of sp³-hybridized carbons (Fsp3) is 0.278. The second-order valence-electron chi connectivity index (χ2n) is 5.73. The molecule has 114 valence electrons. The largest absolute Gasteiger partial charge is 0.323 e. The molecule has 0 bridgehead atoms. The minimum Gasteiger partial charge on any atom is -0.323 e. The number of hydrogen-bond donors (Lipinski definition) is 1. The summed E-state index contributed by atoms with van der Waals surface area (Å²) in [5.41, 5.74) is 0.695. The predicted molar refractivity (Wildman–Crippen MR) is 89.3 cm³/mol. The Morgan fingerprint density at radius 3 is 2.32 bits per heavy atom. The second-order valence-corrected chi connectivity index (χ2v) is 6.65. The van der Waals surface area contributed by atoms with E-state index in [2.05, 4.69) is 21.2 Å². The molecular weight excluding hydrogens is 345 g/mol. The van der Waals surface area contributed by atoms with Crippen LogP contribution >= 0.6 is 15.9 Å². The zero-order valence-electron chi connectivity index (χ0n) is 12.1. The van der Waals surface area contributed by atoms with E-state index in [1.54, 1.807) is 18.2 Å². The van der Waals surface area contributed by atoms with Crippen LogP contribution in [0.15, 0.2) is 53.0 Å². The lowest BCUT2D eigenvalue weighted by Gasteiger charge is -2.28. The Kier molecular flexibility index (Phi) is 4.30. The van der Waals surface area contributed by atoms with Gasteiger partial charge in [0.25, 0.3) is 0 Å². The molecule has 2 aromatic carbocycles. The zero-order chi connectivity index (χ0) is 15.6. The Hall–Kier alpha value is -1.68. The number of rotatable bonds is 3. The van der Waals surface area contributed by atoms with Gasteiger partial charge >= 0.3 is 0 Å². The molecule has 0 atom stereocenters. The number of benzene rings is 2. The van der Waals surface area contributed by atoms with Crippen molar-refractivity contribution in [1.82, 2.24) is 0 Å². The monoisotopic (exact) mass is 361 g/mol. The lowest BCUT2D eigenvalue weighted by atomic mass is 9.78. The minimum absolute atomic E-state index is 0.113. The van der Waals surface area contributed by atoms with Gasteiger partial charge in [-0.3, -0.25) is 4.79 Å². The van der Waals surface area contributed by atoms with E-state index in [4.69, 9.17) is 0 Å². The van der Waals surface area contributed by atoms with Crippen molar-refractivity contribution in [1.29, 1.82) is 0 Å². The van der Waals surface area contributed by atoms with Crippen LogP contribution in [0.25, 0.3) is 0 Å². The molecule has 0 aromatic heterocycles. The van der Waals surface area contributed by atoms with Gasteiger partial charge in [-0.1, -0.05) is 53.0 Å². The zero-order valence-corrected chi connectivity index (χ0v) is 13.7. The van der Waals surface area contributed by atoms with Gasteiger partial charge < -0.3 is 5.32 Å². The van der Waals surface area contributed by atoms with Gasteiger partial charge in [-0.05, 0) is 42.7 Å². The first kappa shape index (κ1) is 15.2. The molecule has 0 aliphatic heterocycles. The SMILES string of the molecule is O=C(Nc1ccccc1F)C1(c2ccc(Br)cc2)CCCC1. The molecule has 4 heteroatoms. The van der Waals surface area contributed by atoms with Crippen molar-refractivity contribution in [3.05, 3.63) is 64.4 Å². The highest BCUT2D eigenvalue weighted by atomic mass is 79.9. The van der Waals surface area contributed by atoms with Crippen molar-refractivity contribution in [3.8, 4) is 0 Å². The van der Waals surface area contributed by atoms with Crippen LogP contribution in [0.5, 0.6) is 0 Å². The van der Waals surface area contributed by atoms with Crippen molar-refractivity contribution >= 4 is 27.5 Å². The maximum Gasteiger partial charge on any atom is 0.235 e. The Morgan fingerprint density at radius 1 is 1.05 bits per heavy atom. The first-order valence-corrected chi connectivity index (χ1v) is 8.23. The van der Waals surface area contributed by atoms with Gasteiger partial charge in [0.1, 0.15) is 5.82 Å². The molecule has 2 nitrogen and oxygen atoms in total. The van der Waals surface area contributed by atoms with Gasteiger partial charge in [0.05, 0.1) is 11.1 Å². The van der Waals surface area contributed by atoms with E-state index < -0.39 is 11.2 Å². The molecule has 22 heavy (non-hydrogen) atoms. The third-order valence-electron chi connectivity index (χ3n) is 4.41. The summed E-state index contributed by atoms with van der Waals surface area (Å²) in [6.45, 7) is 0. The van der Waals surface area contributed by atoms with Crippen LogP contribution in [0.1, 0.15) is 31.2 Å². The summed E-state index contributed by atoms with van der Waals surface area (Å²) < 4.78 is 14.8. The molecular formula is C18H17BrFNO. The Bertz CT molecular complexity index is 678. The summed E-state index contributed by atoms with van der Waals surface area (Å²) in [7, 11) is 0. The summed E-state index contributed by atoms with van der Waals surface area (Å²) in [6.07, 6.45) is 3.63. The standard InChI is InChI=1S/C18H17BrFNO/c19-14-9-7-13(8-10-14)18(11-3-4-12-18)17(22)21-16-6-2-1-5-15(16)20/h1-2,5-10H,3-4,11-12H2,(H,21,22). The fourth-order valence-electron chi connectivity index (χ4n) is 3.20. The van der Waals surface area contributed by atoms with E-state index in [-0.39, 0.29) is 11.6 Å². The summed E-state index contributed by atoms with van der Waals surface area (Å²) in [6, 6.07) is 14.2. The number of amides is 1. The van der Waals surface area contributed by atoms with Crippen LogP contribution in [-0.2, 0) is 10.2 Å². The molecule has 1 N–H and O–H groups in total. The van der Waals surface area contributed by atoms with E-state index >= 15 is 0 Å². The topological polar surface area (TPSA) is 29.1 Å². The average Bonchev–Trinajstić information content (AvgIpc) is 3.01. The van der Waals surface area contributed by atoms with Gasteiger partial charge in [-0.2, -0.15) is 0 Å². The molecule has 0 spiro atoms. The maximum absolute atomic E-state index is 13.8. The highest BCUT2D eigenvalue weighted by Gasteiger charge is 2.42. The molecule has 3 rings (SSSR count). The van der Waals surface area contributed by atoms with Gasteiger partial charge in [-0.15, -0.1) is 0 Å². The van der Waals surface area contributed by atoms with Crippen LogP contribution in [0.2, 0.25) is 0 Å². The number of carbonyl (C=O) groups excluding carboxylic acids is 1. The maximum atomic E-state index is 13.8. The van der Waals surface area contributed by atoms with Gasteiger partial charge in [0, 0.05) is 4.47 Å². The lowest BCUT2D eigenvalue weighted by molar-refractivity contribution is -0.121. The van der Waals surface area contributed by atoms with Gasteiger partial charge in [0.2, 0.25) is 5.91 Å². The van der Waals surface area contributed by atoms with Crippen LogP contribution in [0, 0.1) is 5.82 Å². The van der Waals surface area contributed by atoms with Crippen molar-refractivity contribution < 1.29 is 9.18 Å². The molecule has 1 aliphatic rings. The molecule has 0 radical (unpaired) electrons. The third-order valence-corrected chi connectivity index (χ3v) is 4.94. The Balaban J connectivity index is 1.92. The number of nitrogens with one attached hydrogen (secondary N) is 1. The lowest BCUT2D eigenvalue weighted by Crippen LogP contribution is -2.38. The van der Waals surface area contributed by atoms with Crippen molar-refractivity contribution in [3.63, 3.8) is 0 Å². The normalized spacial score (nSPS) is 16.5. The first-order valence-electron chi connectivity index (χ1n) is 7.44. The van der Waals surface area contributed by atoms with E-state index in [0.717, 1.165) is 35.7 Å². The van der Waals surface area contributed by atoms with Crippen LogP contribution < -0.4 is 5.32 Å². The van der Waals surface area contributed by atoms with E-state index in [9.17, 15) is 9.18 Å². The van der Waals surface area contributed by atoms with Crippen molar-refractivity contribution in [2.75, 3.05) is 5.32 Å². The van der Waals surface area contributed by atoms with Crippen molar-refractivity contribution in [2.45, 2.75) is 31.1 Å². The smallest absolute Gasteiger partial charge is 0.235 e. The van der Waals surface area contributed by atoms with Gasteiger partial charge in [0.15, 0.2) is 0 Å². The summed E-state index contributed by atoms with van der Waals surface area (Å²) in [5, 5.41) is 2.78. The average molecular weight is 362 g/mol. The van der Waals surface area contributed by atoms with Crippen LogP contribution in [0.4, 0.5) is 10.1 Å². The molecule has 1 amide bonds. The van der Waals surface area contributed by atoms with Crippen LogP contribution in [-0.4, -0.2) is 5.91 Å². The quantitative estimate of drug-likeness (QED) is 0.815. The summed E-state index contributed by atoms with van der Waals surface area (Å²) >= 11 is 3.42. The number of para-hydroxylation sites is 1. The number of halogens is 2. The molecule has 1 fully saturated rings. The number of hydrogen-bond acceptors (Lipinski definition) is 1. The van der Waals surface area contributed by atoms with Gasteiger partial charge in [-0.25, -0.2) is 4.39 Å². The molecule has 2 aromatic rings. The highest BCUT2D eigenvalue weighted by Crippen LogP contribution is 2.42. The van der Waals surface area contributed by atoms with E-state index in [1.807, 2.05) is 24.3 Å². The molecule has 0 heterocycles. The van der Waals surface area contributed by atoms with Crippen molar-refractivity contribution in [2.24, 2.45) is 0 Å². The summed E-state index contributed by atoms with van der Waals surface area (Å²) in [5.74, 6) is -0.516. The molecule has 0 saturated heterocycles. The fourth-order valence-corrected chi connectivity index (χ4v) is 3.46. The highest BCUT2D eigenvalue weighted by molar-refractivity contribution is 9.10. The Morgan fingerprint density at radius 2 is 1.68 bits per heavy atom. The van der Waals surface area contributed by atoms with Crippen LogP contribution in [0.3, 0.4) is 0 Å². The molecule has 0 unspecified atom stereocenters. The molecule has 1 aliphatic carbocycles. The predicted octanol–water partition coefficient (Wildman–Crippen LogP) is 5.04. The van der Waals surface area contributed by atoms with E-state index in [1.165, 1.54) is 6.07 Å². The first-order chi connectivity index (χ1) is 10.6. The third kappa shape index (κ3) is 2.80. The van der Waals surface area contributed by atoms with E-state index in [0.29, 0.717) is 0 Å². The Labute approximate surface area is 137 Å². The molecule has 1 saturated carbocycles. The second kappa shape index (κ2) is 6.21.